The molecule has 0 spiro atoms. The van der Waals surface area contributed by atoms with Crippen LogP contribution in [0.4, 0.5) is 0 Å². The summed E-state index contributed by atoms with van der Waals surface area (Å²) >= 11 is 0. The van der Waals surface area contributed by atoms with E-state index in [1.165, 1.54) is 0 Å². The molecule has 0 bridgehead atoms. The number of pyridine rings is 1. The number of rotatable bonds is 2. The number of nitrogens with zero attached hydrogens (tertiary/aromatic N) is 3. The van der Waals surface area contributed by atoms with Crippen LogP contribution >= 0.6 is 0 Å². The maximum absolute atomic E-state index is 13.5. The summed E-state index contributed by atoms with van der Waals surface area (Å²) in [6, 6.07) is 1.64. The molecule has 3 aliphatic heterocycles. The van der Waals surface area contributed by atoms with Crippen molar-refractivity contribution in [2.24, 2.45) is 5.41 Å². The summed E-state index contributed by atoms with van der Waals surface area (Å²) in [6.45, 7) is 4.34. The van der Waals surface area contributed by atoms with Crippen LogP contribution in [0.3, 0.4) is 0 Å². The third-order valence-corrected chi connectivity index (χ3v) is 6.34. The normalized spacial score (nSPS) is 27.9. The molecule has 0 aromatic carbocycles. The summed E-state index contributed by atoms with van der Waals surface area (Å²) in [7, 11) is 0. The summed E-state index contributed by atoms with van der Waals surface area (Å²) in [6.07, 6.45) is 6.77. The first-order valence-electron chi connectivity index (χ1n) is 9.80. The van der Waals surface area contributed by atoms with Crippen molar-refractivity contribution in [3.8, 4) is 0 Å². The minimum absolute atomic E-state index is 0.00715. The monoisotopic (exact) mass is 370 g/mol. The summed E-state index contributed by atoms with van der Waals surface area (Å²) in [5, 5.41) is 3.04. The number of piperidine rings is 2. The van der Waals surface area contributed by atoms with Crippen LogP contribution in [0.1, 0.15) is 48.0 Å². The number of aromatic nitrogens is 1. The van der Waals surface area contributed by atoms with Crippen molar-refractivity contribution in [3.05, 3.63) is 29.6 Å². The van der Waals surface area contributed by atoms with E-state index in [4.69, 9.17) is 0 Å². The van der Waals surface area contributed by atoms with Crippen molar-refractivity contribution in [2.75, 3.05) is 26.2 Å². The molecule has 144 valence electrons. The Morgan fingerprint density at radius 3 is 2.74 bits per heavy atom. The summed E-state index contributed by atoms with van der Waals surface area (Å²) < 4.78 is 0. The second kappa shape index (κ2) is 6.94. The van der Waals surface area contributed by atoms with Crippen molar-refractivity contribution < 1.29 is 14.4 Å². The van der Waals surface area contributed by atoms with Gasteiger partial charge >= 0.3 is 0 Å². The SMILES string of the molecule is Cc1ccncc1C(=O)N1CC[C@H]2NC(=O)CC[C@]2(C(=O)N2CCCC2)C1. The fourth-order valence-corrected chi connectivity index (χ4v) is 4.75. The molecule has 3 aliphatic rings. The molecule has 1 N–H and O–H groups in total. The maximum Gasteiger partial charge on any atom is 0.255 e. The number of hydrogen-bond donors (Lipinski definition) is 1. The van der Waals surface area contributed by atoms with Crippen LogP contribution in [0, 0.1) is 12.3 Å². The number of aryl methyl sites for hydroxylation is 1. The first-order valence-corrected chi connectivity index (χ1v) is 9.80. The van der Waals surface area contributed by atoms with Crippen LogP contribution in [-0.2, 0) is 9.59 Å². The zero-order chi connectivity index (χ0) is 19.0. The van der Waals surface area contributed by atoms with E-state index in [1.807, 2.05) is 17.9 Å². The Morgan fingerprint density at radius 1 is 1.22 bits per heavy atom. The predicted octanol–water partition coefficient (Wildman–Crippen LogP) is 1.12. The molecule has 3 saturated heterocycles. The van der Waals surface area contributed by atoms with Crippen molar-refractivity contribution in [1.82, 2.24) is 20.1 Å². The molecule has 0 aliphatic carbocycles. The van der Waals surface area contributed by atoms with Crippen molar-refractivity contribution in [1.29, 1.82) is 0 Å². The summed E-state index contributed by atoms with van der Waals surface area (Å²) in [4.78, 5) is 46.3. The van der Waals surface area contributed by atoms with Gasteiger partial charge < -0.3 is 15.1 Å². The lowest BCUT2D eigenvalue weighted by molar-refractivity contribution is -0.151. The van der Waals surface area contributed by atoms with Gasteiger partial charge in [-0.05, 0) is 44.2 Å². The molecule has 0 unspecified atom stereocenters. The quantitative estimate of drug-likeness (QED) is 0.846. The Kier molecular flexibility index (Phi) is 4.61. The lowest BCUT2D eigenvalue weighted by Gasteiger charge is -2.50. The van der Waals surface area contributed by atoms with Crippen molar-refractivity contribution in [2.45, 2.75) is 45.1 Å². The lowest BCUT2D eigenvalue weighted by atomic mass is 9.68. The Bertz CT molecular complexity index is 774. The fourth-order valence-electron chi connectivity index (χ4n) is 4.75. The van der Waals surface area contributed by atoms with Gasteiger partial charge in [-0.3, -0.25) is 19.4 Å². The Hall–Kier alpha value is -2.44. The van der Waals surface area contributed by atoms with Gasteiger partial charge in [-0.2, -0.15) is 0 Å². The van der Waals surface area contributed by atoms with Crippen LogP contribution in [0.5, 0.6) is 0 Å². The molecule has 1 aromatic rings. The zero-order valence-electron chi connectivity index (χ0n) is 15.7. The van der Waals surface area contributed by atoms with Crippen LogP contribution < -0.4 is 5.32 Å². The summed E-state index contributed by atoms with van der Waals surface area (Å²) in [5.41, 5.74) is 0.760. The molecular formula is C20H26N4O3. The van der Waals surface area contributed by atoms with Crippen molar-refractivity contribution in [3.63, 3.8) is 0 Å². The largest absolute Gasteiger partial charge is 0.352 e. The van der Waals surface area contributed by atoms with Gasteiger partial charge in [0.15, 0.2) is 0 Å². The summed E-state index contributed by atoms with van der Waals surface area (Å²) in [5.74, 6) is 0.0303. The number of carbonyl (C=O) groups is 3. The highest BCUT2D eigenvalue weighted by Gasteiger charge is 2.54. The first kappa shape index (κ1) is 17.9. The molecule has 4 rings (SSSR count). The third-order valence-electron chi connectivity index (χ3n) is 6.34. The molecule has 7 heteroatoms. The van der Waals surface area contributed by atoms with E-state index in [2.05, 4.69) is 10.3 Å². The number of hydrogen-bond acceptors (Lipinski definition) is 4. The van der Waals surface area contributed by atoms with E-state index in [0.29, 0.717) is 37.9 Å². The molecule has 2 atom stereocenters. The Balaban J connectivity index is 1.63. The number of nitrogens with one attached hydrogen (secondary N) is 1. The molecule has 0 saturated carbocycles. The lowest BCUT2D eigenvalue weighted by Crippen LogP contribution is -2.67. The predicted molar refractivity (Wildman–Crippen MR) is 98.9 cm³/mol. The number of amides is 3. The molecule has 4 heterocycles. The third kappa shape index (κ3) is 3.09. The molecule has 3 fully saturated rings. The highest BCUT2D eigenvalue weighted by atomic mass is 16.2. The van der Waals surface area contributed by atoms with Crippen LogP contribution in [0.15, 0.2) is 18.5 Å². The van der Waals surface area contributed by atoms with Crippen LogP contribution in [0.25, 0.3) is 0 Å². The highest BCUT2D eigenvalue weighted by Crippen LogP contribution is 2.40. The van der Waals surface area contributed by atoms with Gasteiger partial charge in [-0.25, -0.2) is 0 Å². The van der Waals surface area contributed by atoms with Gasteiger partial charge in [0.2, 0.25) is 11.8 Å². The minimum Gasteiger partial charge on any atom is -0.352 e. The topological polar surface area (TPSA) is 82.6 Å². The smallest absolute Gasteiger partial charge is 0.255 e. The number of likely N-dealkylation sites (tertiary alicyclic amines) is 2. The average Bonchev–Trinajstić information content (AvgIpc) is 3.21. The highest BCUT2D eigenvalue weighted by molar-refractivity contribution is 5.96. The second-order valence-corrected chi connectivity index (χ2v) is 7.98. The van der Waals surface area contributed by atoms with Crippen LogP contribution in [0.2, 0.25) is 0 Å². The van der Waals surface area contributed by atoms with Gasteiger partial charge in [0.25, 0.3) is 5.91 Å². The number of carbonyl (C=O) groups excluding carboxylic acids is 3. The van der Waals surface area contributed by atoms with E-state index in [0.717, 1.165) is 31.5 Å². The van der Waals surface area contributed by atoms with E-state index < -0.39 is 5.41 Å². The molecule has 7 nitrogen and oxygen atoms in total. The van der Waals surface area contributed by atoms with Crippen molar-refractivity contribution >= 4 is 17.7 Å². The van der Waals surface area contributed by atoms with E-state index in [1.54, 1.807) is 17.3 Å². The van der Waals surface area contributed by atoms with Gasteiger partial charge in [0, 0.05) is 51.0 Å². The molecular weight excluding hydrogens is 344 g/mol. The van der Waals surface area contributed by atoms with Gasteiger partial charge in [0.1, 0.15) is 0 Å². The van der Waals surface area contributed by atoms with Crippen LogP contribution in [-0.4, -0.2) is 64.7 Å². The maximum atomic E-state index is 13.5. The number of fused-ring (bicyclic) bond motifs is 1. The molecule has 0 radical (unpaired) electrons. The van der Waals surface area contributed by atoms with E-state index in [-0.39, 0.29) is 23.8 Å². The second-order valence-electron chi connectivity index (χ2n) is 7.98. The zero-order valence-corrected chi connectivity index (χ0v) is 15.7. The Labute approximate surface area is 159 Å². The van der Waals surface area contributed by atoms with Gasteiger partial charge in [-0.1, -0.05) is 0 Å². The Morgan fingerprint density at radius 2 is 2.00 bits per heavy atom. The van der Waals surface area contributed by atoms with E-state index in [9.17, 15) is 14.4 Å². The molecule has 27 heavy (non-hydrogen) atoms. The molecule has 3 amide bonds. The van der Waals surface area contributed by atoms with Gasteiger partial charge in [-0.15, -0.1) is 0 Å². The first-order chi connectivity index (χ1) is 13.0. The standard InChI is InChI=1S/C20H26N4O3/c1-14-5-8-21-12-15(14)18(26)24-11-6-16-20(13-24,7-4-17(25)22-16)19(27)23-9-2-3-10-23/h5,8,12,16H,2-4,6-7,9-11,13H2,1H3,(H,22,25)/t16-,20+/m1/s1. The van der Waals surface area contributed by atoms with E-state index >= 15 is 0 Å². The van der Waals surface area contributed by atoms with Gasteiger partial charge in [0.05, 0.1) is 11.0 Å². The minimum atomic E-state index is -0.706. The average molecular weight is 370 g/mol. The fraction of sp³-hybridized carbons (Fsp3) is 0.600. The molecule has 1 aromatic heterocycles.